The number of carboxylic acids is 1. The number of amides is 2. The number of benzene rings is 2. The number of fused-ring (bicyclic) bond motifs is 1. The summed E-state index contributed by atoms with van der Waals surface area (Å²) in [5.41, 5.74) is 0.707. The Bertz CT molecular complexity index is 825. The molecule has 0 saturated heterocycles. The third kappa shape index (κ3) is 2.45. The first-order valence-corrected chi connectivity index (χ1v) is 7.10. The molecule has 0 aromatic heterocycles. The van der Waals surface area contributed by atoms with Crippen molar-refractivity contribution >= 4 is 17.8 Å². The van der Waals surface area contributed by atoms with E-state index in [1.54, 1.807) is 12.1 Å². The maximum Gasteiger partial charge on any atom is 0.327 e. The van der Waals surface area contributed by atoms with E-state index in [0.29, 0.717) is 5.56 Å². The molecule has 0 unspecified atom stereocenters. The second kappa shape index (κ2) is 5.69. The number of aromatic hydroxyl groups is 2. The number of hydrogen-bond acceptors (Lipinski definition) is 5. The van der Waals surface area contributed by atoms with Crippen LogP contribution in [-0.2, 0) is 11.2 Å². The highest BCUT2D eigenvalue weighted by Gasteiger charge is 2.42. The number of carboxylic acid groups (broad SMARTS) is 1. The topological polar surface area (TPSA) is 115 Å². The van der Waals surface area contributed by atoms with Gasteiger partial charge in [0.15, 0.2) is 11.5 Å². The SMILES string of the molecule is O=C(O)[C@H](Cc1ccc(O)c(O)c1)N1C(=O)c2ccccc2C1=O. The standard InChI is InChI=1S/C17H13NO6/c19-13-6-5-9(8-14(13)20)7-12(17(23)24)18-15(21)10-3-1-2-4-11(10)16(18)22/h1-6,8,12,19-20H,7H2,(H,23,24)/t12-/m0/s1. The lowest BCUT2D eigenvalue weighted by Crippen LogP contribution is -2.46. The molecule has 0 fully saturated rings. The number of carbonyl (C=O) groups excluding carboxylic acids is 2. The minimum absolute atomic E-state index is 0.169. The summed E-state index contributed by atoms with van der Waals surface area (Å²) in [4.78, 5) is 37.2. The van der Waals surface area contributed by atoms with Gasteiger partial charge in [-0.25, -0.2) is 4.79 Å². The van der Waals surface area contributed by atoms with Gasteiger partial charge in [-0.1, -0.05) is 18.2 Å². The molecule has 7 heteroatoms. The van der Waals surface area contributed by atoms with Crippen molar-refractivity contribution in [2.45, 2.75) is 12.5 Å². The summed E-state index contributed by atoms with van der Waals surface area (Å²) in [5, 5.41) is 28.3. The summed E-state index contributed by atoms with van der Waals surface area (Å²) >= 11 is 0. The van der Waals surface area contributed by atoms with E-state index >= 15 is 0 Å². The van der Waals surface area contributed by atoms with Gasteiger partial charge < -0.3 is 15.3 Å². The molecule has 3 rings (SSSR count). The molecule has 0 aliphatic carbocycles. The first-order valence-electron chi connectivity index (χ1n) is 7.10. The van der Waals surface area contributed by atoms with Gasteiger partial charge in [0.2, 0.25) is 0 Å². The van der Waals surface area contributed by atoms with Crippen LogP contribution in [0, 0.1) is 0 Å². The van der Waals surface area contributed by atoms with Crippen LogP contribution in [0.1, 0.15) is 26.3 Å². The smallest absolute Gasteiger partial charge is 0.327 e. The van der Waals surface area contributed by atoms with Gasteiger partial charge in [0, 0.05) is 6.42 Å². The molecule has 1 heterocycles. The minimum atomic E-state index is -1.42. The predicted octanol–water partition coefficient (Wildman–Crippen LogP) is 1.39. The van der Waals surface area contributed by atoms with Gasteiger partial charge in [0.1, 0.15) is 6.04 Å². The van der Waals surface area contributed by atoms with Crippen LogP contribution in [0.3, 0.4) is 0 Å². The van der Waals surface area contributed by atoms with Gasteiger partial charge in [0.25, 0.3) is 11.8 Å². The van der Waals surface area contributed by atoms with E-state index in [2.05, 4.69) is 0 Å². The van der Waals surface area contributed by atoms with Gasteiger partial charge in [-0.2, -0.15) is 0 Å². The monoisotopic (exact) mass is 327 g/mol. The number of rotatable bonds is 4. The van der Waals surface area contributed by atoms with E-state index in [4.69, 9.17) is 0 Å². The van der Waals surface area contributed by atoms with Gasteiger partial charge in [-0.05, 0) is 29.8 Å². The molecular weight excluding hydrogens is 314 g/mol. The largest absolute Gasteiger partial charge is 0.504 e. The van der Waals surface area contributed by atoms with E-state index in [1.165, 1.54) is 30.3 Å². The molecule has 1 atom stereocenters. The molecule has 0 radical (unpaired) electrons. The van der Waals surface area contributed by atoms with Gasteiger partial charge >= 0.3 is 5.97 Å². The summed E-state index contributed by atoms with van der Waals surface area (Å²) in [5.74, 6) is -3.40. The highest BCUT2D eigenvalue weighted by molar-refractivity contribution is 6.22. The molecule has 0 spiro atoms. The van der Waals surface area contributed by atoms with Crippen molar-refractivity contribution in [2.75, 3.05) is 0 Å². The van der Waals surface area contributed by atoms with Crippen LogP contribution in [0.2, 0.25) is 0 Å². The highest BCUT2D eigenvalue weighted by Crippen LogP contribution is 2.29. The Kier molecular flexibility index (Phi) is 3.69. The lowest BCUT2D eigenvalue weighted by Gasteiger charge is -2.22. The Morgan fingerprint density at radius 1 is 0.958 bits per heavy atom. The number of nitrogens with zero attached hydrogens (tertiary/aromatic N) is 1. The maximum absolute atomic E-state index is 12.4. The van der Waals surface area contributed by atoms with Gasteiger partial charge in [-0.3, -0.25) is 14.5 Å². The summed E-state index contributed by atoms with van der Waals surface area (Å²) < 4.78 is 0. The van der Waals surface area contributed by atoms with Crippen molar-refractivity contribution < 1.29 is 29.7 Å². The summed E-state index contributed by atoms with van der Waals surface area (Å²) in [6, 6.07) is 8.56. The van der Waals surface area contributed by atoms with Crippen molar-refractivity contribution in [3.05, 3.63) is 59.2 Å². The van der Waals surface area contributed by atoms with Crippen LogP contribution in [0.5, 0.6) is 11.5 Å². The van der Waals surface area contributed by atoms with E-state index < -0.39 is 29.6 Å². The Morgan fingerprint density at radius 2 is 1.54 bits per heavy atom. The molecule has 0 bridgehead atoms. The molecule has 24 heavy (non-hydrogen) atoms. The first kappa shape index (κ1) is 15.5. The normalized spacial score (nSPS) is 14.6. The number of phenolic OH excluding ortho intramolecular Hbond substituents is 2. The van der Waals surface area contributed by atoms with Crippen LogP contribution in [0.15, 0.2) is 42.5 Å². The van der Waals surface area contributed by atoms with E-state index in [1.807, 2.05) is 0 Å². The van der Waals surface area contributed by atoms with Crippen LogP contribution in [-0.4, -0.2) is 44.0 Å². The number of aliphatic carboxylic acids is 1. The van der Waals surface area contributed by atoms with E-state index in [-0.39, 0.29) is 23.3 Å². The molecule has 2 amide bonds. The number of phenols is 2. The average Bonchev–Trinajstić information content (AvgIpc) is 2.80. The zero-order valence-corrected chi connectivity index (χ0v) is 12.3. The number of hydrogen-bond donors (Lipinski definition) is 3. The van der Waals surface area contributed by atoms with Crippen molar-refractivity contribution in [1.82, 2.24) is 4.90 Å². The fourth-order valence-corrected chi connectivity index (χ4v) is 2.70. The predicted molar refractivity (Wildman–Crippen MR) is 81.8 cm³/mol. The van der Waals surface area contributed by atoms with E-state index in [0.717, 1.165) is 4.90 Å². The summed E-state index contributed by atoms with van der Waals surface area (Å²) in [7, 11) is 0. The first-order chi connectivity index (χ1) is 11.4. The lowest BCUT2D eigenvalue weighted by molar-refractivity contribution is -0.141. The van der Waals surface area contributed by atoms with Crippen LogP contribution >= 0.6 is 0 Å². The third-order valence-corrected chi connectivity index (χ3v) is 3.89. The van der Waals surface area contributed by atoms with Crippen molar-refractivity contribution in [1.29, 1.82) is 0 Å². The summed E-state index contributed by atoms with van der Waals surface area (Å²) in [6.07, 6.45) is -0.186. The van der Waals surface area contributed by atoms with E-state index in [9.17, 15) is 29.7 Å². The molecule has 3 N–H and O–H groups in total. The number of imide groups is 1. The Labute approximate surface area is 136 Å². The Balaban J connectivity index is 1.95. The molecule has 1 aliphatic heterocycles. The van der Waals surface area contributed by atoms with Crippen LogP contribution < -0.4 is 0 Å². The molecule has 2 aromatic carbocycles. The van der Waals surface area contributed by atoms with Crippen molar-refractivity contribution in [3.8, 4) is 11.5 Å². The molecular formula is C17H13NO6. The second-order valence-electron chi connectivity index (χ2n) is 5.41. The third-order valence-electron chi connectivity index (χ3n) is 3.89. The lowest BCUT2D eigenvalue weighted by atomic mass is 10.0. The molecule has 7 nitrogen and oxygen atoms in total. The van der Waals surface area contributed by atoms with Crippen LogP contribution in [0.25, 0.3) is 0 Å². The second-order valence-corrected chi connectivity index (χ2v) is 5.41. The number of carbonyl (C=O) groups is 3. The maximum atomic E-state index is 12.4. The fourth-order valence-electron chi connectivity index (χ4n) is 2.70. The highest BCUT2D eigenvalue weighted by atomic mass is 16.4. The zero-order valence-electron chi connectivity index (χ0n) is 12.3. The molecule has 2 aromatic rings. The fraction of sp³-hybridized carbons (Fsp3) is 0.118. The van der Waals surface area contributed by atoms with Gasteiger partial charge in [0.05, 0.1) is 11.1 Å². The van der Waals surface area contributed by atoms with Gasteiger partial charge in [-0.15, -0.1) is 0 Å². The molecule has 1 aliphatic rings. The van der Waals surface area contributed by atoms with Crippen molar-refractivity contribution in [3.63, 3.8) is 0 Å². The zero-order chi connectivity index (χ0) is 17.4. The Morgan fingerprint density at radius 3 is 2.04 bits per heavy atom. The molecule has 0 saturated carbocycles. The average molecular weight is 327 g/mol. The Hall–Kier alpha value is -3.35. The summed E-state index contributed by atoms with van der Waals surface area (Å²) in [6.45, 7) is 0. The van der Waals surface area contributed by atoms with Crippen LogP contribution in [0.4, 0.5) is 0 Å². The molecule has 122 valence electrons. The van der Waals surface area contributed by atoms with Crippen molar-refractivity contribution in [2.24, 2.45) is 0 Å². The quantitative estimate of drug-likeness (QED) is 0.577. The minimum Gasteiger partial charge on any atom is -0.504 e.